The highest BCUT2D eigenvalue weighted by atomic mass is 16.6. The fourth-order valence-electron chi connectivity index (χ4n) is 2.81. The molecule has 7 nitrogen and oxygen atoms in total. The van der Waals surface area contributed by atoms with Crippen LogP contribution in [0.5, 0.6) is 0 Å². The van der Waals surface area contributed by atoms with Gasteiger partial charge >= 0.3 is 5.97 Å². The first kappa shape index (κ1) is 19.3. The van der Waals surface area contributed by atoms with Crippen molar-refractivity contribution in [3.63, 3.8) is 0 Å². The summed E-state index contributed by atoms with van der Waals surface area (Å²) in [5.74, 6) is -2.45. The number of carbonyl (C=O) groups is 2. The van der Waals surface area contributed by atoms with Gasteiger partial charge in [-0.05, 0) is 11.6 Å². The first-order valence-electron chi connectivity index (χ1n) is 7.65. The van der Waals surface area contributed by atoms with Gasteiger partial charge in [0.25, 0.3) is 5.60 Å². The van der Waals surface area contributed by atoms with Crippen LogP contribution in [0.1, 0.15) is 5.56 Å². The number of aliphatic hydroxyl groups excluding tert-OH is 1. The van der Waals surface area contributed by atoms with Gasteiger partial charge < -0.3 is 24.1 Å². The monoisotopic (exact) mass is 360 g/mol. The molecule has 0 saturated heterocycles. The van der Waals surface area contributed by atoms with E-state index in [0.29, 0.717) is 0 Å². The lowest BCUT2D eigenvalue weighted by atomic mass is 9.91. The van der Waals surface area contributed by atoms with Gasteiger partial charge in [0.2, 0.25) is 5.76 Å². The van der Waals surface area contributed by atoms with Gasteiger partial charge in [-0.1, -0.05) is 36.4 Å². The number of carbonyl (C=O) groups excluding carboxylic acids is 2. The van der Waals surface area contributed by atoms with Crippen LogP contribution in [0.2, 0.25) is 0 Å². The Labute approximate surface area is 151 Å². The minimum absolute atomic E-state index is 0.164. The molecule has 0 amide bonds. The second kappa shape index (κ2) is 7.88. The summed E-state index contributed by atoms with van der Waals surface area (Å²) in [6.45, 7) is 0. The second-order valence-corrected chi connectivity index (χ2v) is 5.28. The van der Waals surface area contributed by atoms with Crippen molar-refractivity contribution in [3.05, 3.63) is 64.8 Å². The van der Waals surface area contributed by atoms with Crippen molar-refractivity contribution in [2.45, 2.75) is 5.60 Å². The van der Waals surface area contributed by atoms with Crippen molar-refractivity contribution in [3.8, 4) is 0 Å². The van der Waals surface area contributed by atoms with Gasteiger partial charge in [-0.15, -0.1) is 0 Å². The standard InChI is InChI=1S/C19H20O7/c1-23-16-15(21)14(13(20)11-10-12-8-6-5-7-9-12)19(26-4,17(16)24-2)18(22)25-3/h5-11,21H,1-4H3/b11-10+. The molecule has 1 aliphatic carbocycles. The Morgan fingerprint density at radius 1 is 1.04 bits per heavy atom. The molecule has 0 aromatic heterocycles. The van der Waals surface area contributed by atoms with Gasteiger partial charge in [0.1, 0.15) is 0 Å². The highest BCUT2D eigenvalue weighted by Gasteiger charge is 2.59. The van der Waals surface area contributed by atoms with E-state index in [2.05, 4.69) is 0 Å². The van der Waals surface area contributed by atoms with E-state index in [-0.39, 0.29) is 17.1 Å². The van der Waals surface area contributed by atoms with Crippen LogP contribution in [0.3, 0.4) is 0 Å². The number of rotatable bonds is 7. The normalized spacial score (nSPS) is 19.8. The Morgan fingerprint density at radius 3 is 2.19 bits per heavy atom. The van der Waals surface area contributed by atoms with Crippen molar-refractivity contribution in [2.75, 3.05) is 28.4 Å². The minimum Gasteiger partial charge on any atom is -0.504 e. The molecule has 1 aromatic carbocycles. The molecule has 2 rings (SSSR count). The summed E-state index contributed by atoms with van der Waals surface area (Å²) in [4.78, 5) is 25.3. The van der Waals surface area contributed by atoms with Crippen LogP contribution in [0.15, 0.2) is 59.3 Å². The molecule has 0 heterocycles. The molecule has 0 saturated carbocycles. The SMILES string of the molecule is COC(=O)C1(OC)C(OC)=C(OC)C(O)=C1C(=O)/C=C/c1ccccc1. The zero-order chi connectivity index (χ0) is 19.3. The first-order chi connectivity index (χ1) is 12.5. The summed E-state index contributed by atoms with van der Waals surface area (Å²) in [5.41, 5.74) is -1.63. The Hall–Kier alpha value is -3.06. The average Bonchev–Trinajstić information content (AvgIpc) is 2.94. The molecule has 26 heavy (non-hydrogen) atoms. The molecule has 0 radical (unpaired) electrons. The van der Waals surface area contributed by atoms with Crippen molar-refractivity contribution in [1.29, 1.82) is 0 Å². The molecule has 138 valence electrons. The number of methoxy groups -OCH3 is 4. The highest BCUT2D eigenvalue weighted by Crippen LogP contribution is 2.44. The van der Waals surface area contributed by atoms with Crippen LogP contribution in [0.25, 0.3) is 6.08 Å². The topological polar surface area (TPSA) is 91.3 Å². The summed E-state index contributed by atoms with van der Waals surface area (Å²) >= 11 is 0. The van der Waals surface area contributed by atoms with Gasteiger partial charge in [0.15, 0.2) is 17.3 Å². The molecule has 0 bridgehead atoms. The molecule has 1 atom stereocenters. The van der Waals surface area contributed by atoms with E-state index in [1.54, 1.807) is 18.2 Å². The summed E-state index contributed by atoms with van der Waals surface area (Å²) in [7, 11) is 4.89. The van der Waals surface area contributed by atoms with Crippen LogP contribution in [0.4, 0.5) is 0 Å². The van der Waals surface area contributed by atoms with Crippen LogP contribution in [-0.2, 0) is 28.5 Å². The van der Waals surface area contributed by atoms with E-state index in [1.165, 1.54) is 27.4 Å². The molecule has 0 fully saturated rings. The molecular formula is C19H20O7. The number of hydrogen-bond acceptors (Lipinski definition) is 7. The quantitative estimate of drug-likeness (QED) is 0.588. The summed E-state index contributed by atoms with van der Waals surface area (Å²) in [5, 5.41) is 10.5. The van der Waals surface area contributed by atoms with Crippen molar-refractivity contribution in [2.24, 2.45) is 0 Å². The average molecular weight is 360 g/mol. The number of benzene rings is 1. The lowest BCUT2D eigenvalue weighted by Gasteiger charge is -2.28. The van der Waals surface area contributed by atoms with E-state index >= 15 is 0 Å². The highest BCUT2D eigenvalue weighted by molar-refractivity contribution is 6.14. The predicted octanol–water partition coefficient (Wildman–Crippen LogP) is 2.16. The summed E-state index contributed by atoms with van der Waals surface area (Å²) < 4.78 is 20.4. The van der Waals surface area contributed by atoms with Crippen molar-refractivity contribution >= 4 is 17.8 Å². The third kappa shape index (κ3) is 2.97. The fourth-order valence-corrected chi connectivity index (χ4v) is 2.81. The van der Waals surface area contributed by atoms with Gasteiger partial charge in [-0.25, -0.2) is 4.79 Å². The third-order valence-corrected chi connectivity index (χ3v) is 3.99. The van der Waals surface area contributed by atoms with E-state index in [9.17, 15) is 14.7 Å². The van der Waals surface area contributed by atoms with Crippen molar-refractivity contribution in [1.82, 2.24) is 0 Å². The van der Waals surface area contributed by atoms with Crippen molar-refractivity contribution < 1.29 is 33.6 Å². The number of esters is 1. The molecule has 0 aliphatic heterocycles. The predicted molar refractivity (Wildman–Crippen MR) is 92.9 cm³/mol. The number of ether oxygens (including phenoxy) is 4. The van der Waals surface area contributed by atoms with Gasteiger partial charge in [-0.3, -0.25) is 4.79 Å². The molecule has 1 N–H and O–H groups in total. The number of hydrogen-bond donors (Lipinski definition) is 1. The Morgan fingerprint density at radius 2 is 1.69 bits per heavy atom. The minimum atomic E-state index is -2.06. The number of ketones is 1. The Kier molecular flexibility index (Phi) is 5.84. The Bertz CT molecular complexity index is 789. The second-order valence-electron chi connectivity index (χ2n) is 5.28. The third-order valence-electron chi connectivity index (χ3n) is 3.99. The summed E-state index contributed by atoms with van der Waals surface area (Å²) in [6.07, 6.45) is 2.78. The van der Waals surface area contributed by atoms with Crippen LogP contribution < -0.4 is 0 Å². The van der Waals surface area contributed by atoms with E-state index in [1.807, 2.05) is 18.2 Å². The summed E-state index contributed by atoms with van der Waals surface area (Å²) in [6, 6.07) is 9.08. The maximum atomic E-state index is 12.8. The van der Waals surface area contributed by atoms with Gasteiger partial charge in [-0.2, -0.15) is 0 Å². The molecule has 1 unspecified atom stereocenters. The lowest BCUT2D eigenvalue weighted by Crippen LogP contribution is -2.46. The van der Waals surface area contributed by atoms with Crippen LogP contribution >= 0.6 is 0 Å². The maximum Gasteiger partial charge on any atom is 0.351 e. The molecule has 1 aliphatic rings. The zero-order valence-corrected chi connectivity index (χ0v) is 14.9. The van der Waals surface area contributed by atoms with E-state index in [0.717, 1.165) is 12.7 Å². The van der Waals surface area contributed by atoms with E-state index < -0.39 is 23.1 Å². The lowest BCUT2D eigenvalue weighted by molar-refractivity contribution is -0.161. The molecule has 0 spiro atoms. The molecular weight excluding hydrogens is 340 g/mol. The smallest absolute Gasteiger partial charge is 0.351 e. The zero-order valence-electron chi connectivity index (χ0n) is 14.9. The first-order valence-corrected chi connectivity index (χ1v) is 7.65. The Balaban J connectivity index is 2.56. The van der Waals surface area contributed by atoms with Gasteiger partial charge in [0.05, 0.1) is 26.9 Å². The number of allylic oxidation sites excluding steroid dienone is 1. The molecule has 1 aromatic rings. The van der Waals surface area contributed by atoms with Crippen LogP contribution in [-0.4, -0.2) is 50.9 Å². The fraction of sp³-hybridized carbons (Fsp3) is 0.263. The largest absolute Gasteiger partial charge is 0.504 e. The number of aliphatic hydroxyl groups is 1. The van der Waals surface area contributed by atoms with Crippen LogP contribution in [0, 0.1) is 0 Å². The maximum absolute atomic E-state index is 12.8. The van der Waals surface area contributed by atoms with Gasteiger partial charge in [0, 0.05) is 7.11 Å². The van der Waals surface area contributed by atoms with E-state index in [4.69, 9.17) is 18.9 Å². The molecule has 7 heteroatoms.